The van der Waals surface area contributed by atoms with E-state index in [1.54, 1.807) is 0 Å². The molecular weight excluding hydrogens is 296 g/mol. The number of pyridine rings is 1. The number of fused-ring (bicyclic) bond motifs is 1. The minimum Gasteiger partial charge on any atom is -0.372 e. The molecule has 0 N–H and O–H groups in total. The van der Waals surface area contributed by atoms with Crippen molar-refractivity contribution in [2.24, 2.45) is 0 Å². The number of carbonyl (C=O) groups excluding carboxylic acids is 1. The van der Waals surface area contributed by atoms with E-state index in [2.05, 4.69) is 35.2 Å². The Morgan fingerprint density at radius 1 is 0.917 bits per heavy atom. The molecular formula is C21H21N2O+. The zero-order valence-corrected chi connectivity index (χ0v) is 13.7. The number of para-hydroxylation sites is 1. The van der Waals surface area contributed by atoms with E-state index < -0.39 is 0 Å². The SMILES string of the molecule is O=C(C[n+]1cccc2ccccc21)c1ccc(N2CCCC2)cc1. The highest BCUT2D eigenvalue weighted by Crippen LogP contribution is 2.20. The van der Waals surface area contributed by atoms with E-state index in [9.17, 15) is 4.79 Å². The molecule has 1 aliphatic rings. The number of anilines is 1. The second-order valence-corrected chi connectivity index (χ2v) is 6.36. The van der Waals surface area contributed by atoms with Crippen LogP contribution in [-0.4, -0.2) is 18.9 Å². The highest BCUT2D eigenvalue weighted by atomic mass is 16.1. The zero-order valence-electron chi connectivity index (χ0n) is 13.7. The second-order valence-electron chi connectivity index (χ2n) is 6.36. The van der Waals surface area contributed by atoms with E-state index in [0.29, 0.717) is 6.54 Å². The summed E-state index contributed by atoms with van der Waals surface area (Å²) in [7, 11) is 0. The van der Waals surface area contributed by atoms with Gasteiger partial charge < -0.3 is 4.90 Å². The fourth-order valence-corrected chi connectivity index (χ4v) is 3.44. The van der Waals surface area contributed by atoms with Crippen LogP contribution in [0.25, 0.3) is 10.9 Å². The van der Waals surface area contributed by atoms with E-state index in [4.69, 9.17) is 0 Å². The first kappa shape index (κ1) is 14.9. The minimum absolute atomic E-state index is 0.143. The van der Waals surface area contributed by atoms with Crippen LogP contribution in [0.5, 0.6) is 0 Å². The quantitative estimate of drug-likeness (QED) is 0.542. The summed E-state index contributed by atoms with van der Waals surface area (Å²) in [5.74, 6) is 0.143. The lowest BCUT2D eigenvalue weighted by Crippen LogP contribution is -2.38. The molecule has 0 atom stereocenters. The van der Waals surface area contributed by atoms with Gasteiger partial charge in [-0.2, -0.15) is 4.57 Å². The maximum atomic E-state index is 12.7. The molecule has 3 aromatic rings. The molecule has 120 valence electrons. The Balaban J connectivity index is 1.55. The largest absolute Gasteiger partial charge is 0.372 e. The third-order valence-corrected chi connectivity index (χ3v) is 4.76. The number of carbonyl (C=O) groups is 1. The molecule has 0 bridgehead atoms. The Kier molecular flexibility index (Phi) is 3.99. The number of aromatic nitrogens is 1. The number of hydrogen-bond acceptors (Lipinski definition) is 2. The molecule has 1 fully saturated rings. The van der Waals surface area contributed by atoms with Crippen molar-refractivity contribution in [1.29, 1.82) is 0 Å². The lowest BCUT2D eigenvalue weighted by Gasteiger charge is -2.17. The predicted octanol–water partition coefficient (Wildman–Crippen LogP) is 3.61. The number of hydrogen-bond donors (Lipinski definition) is 0. The molecule has 1 saturated heterocycles. The van der Waals surface area contributed by atoms with Crippen molar-refractivity contribution in [2.75, 3.05) is 18.0 Å². The Hall–Kier alpha value is -2.68. The summed E-state index contributed by atoms with van der Waals surface area (Å²) in [5.41, 5.74) is 3.09. The van der Waals surface area contributed by atoms with Crippen molar-refractivity contribution in [3.8, 4) is 0 Å². The molecule has 2 aromatic carbocycles. The number of rotatable bonds is 4. The molecule has 24 heavy (non-hydrogen) atoms. The van der Waals surface area contributed by atoms with Gasteiger partial charge in [-0.3, -0.25) is 4.79 Å². The molecule has 4 rings (SSSR count). The van der Waals surface area contributed by atoms with E-state index in [1.165, 1.54) is 18.5 Å². The number of nitrogens with zero attached hydrogens (tertiary/aromatic N) is 2. The van der Waals surface area contributed by atoms with Gasteiger partial charge in [-0.15, -0.1) is 0 Å². The van der Waals surface area contributed by atoms with Crippen LogP contribution >= 0.6 is 0 Å². The van der Waals surface area contributed by atoms with Gasteiger partial charge >= 0.3 is 0 Å². The first-order valence-electron chi connectivity index (χ1n) is 8.57. The summed E-state index contributed by atoms with van der Waals surface area (Å²) in [4.78, 5) is 15.0. The van der Waals surface area contributed by atoms with Crippen LogP contribution in [0.4, 0.5) is 5.69 Å². The molecule has 0 radical (unpaired) electrons. The van der Waals surface area contributed by atoms with Gasteiger partial charge in [0, 0.05) is 41.9 Å². The van der Waals surface area contributed by atoms with Crippen molar-refractivity contribution < 1.29 is 9.36 Å². The summed E-state index contributed by atoms with van der Waals surface area (Å²) in [6.45, 7) is 2.61. The Bertz CT molecular complexity index is 859. The third-order valence-electron chi connectivity index (χ3n) is 4.76. The van der Waals surface area contributed by atoms with Gasteiger partial charge in [-0.1, -0.05) is 12.1 Å². The van der Waals surface area contributed by atoms with Crippen molar-refractivity contribution in [1.82, 2.24) is 0 Å². The van der Waals surface area contributed by atoms with Crippen LogP contribution in [0, 0.1) is 0 Å². The third kappa shape index (κ3) is 2.90. The molecule has 3 heteroatoms. The molecule has 2 heterocycles. The van der Waals surface area contributed by atoms with E-state index in [-0.39, 0.29) is 5.78 Å². The van der Waals surface area contributed by atoms with Crippen LogP contribution in [0.2, 0.25) is 0 Å². The first-order valence-corrected chi connectivity index (χ1v) is 8.57. The number of ketones is 1. The summed E-state index contributed by atoms with van der Waals surface area (Å²) in [5, 5.41) is 1.15. The molecule has 0 amide bonds. The minimum atomic E-state index is 0.143. The van der Waals surface area contributed by atoms with E-state index in [1.807, 2.05) is 41.1 Å². The van der Waals surface area contributed by atoms with Gasteiger partial charge in [0.2, 0.25) is 17.8 Å². The molecule has 0 aliphatic carbocycles. The predicted molar refractivity (Wildman–Crippen MR) is 96.4 cm³/mol. The van der Waals surface area contributed by atoms with Gasteiger partial charge in [-0.05, 0) is 49.2 Å². The van der Waals surface area contributed by atoms with Gasteiger partial charge in [0.25, 0.3) is 0 Å². The van der Waals surface area contributed by atoms with Gasteiger partial charge in [0.15, 0.2) is 6.20 Å². The molecule has 1 aliphatic heterocycles. The zero-order chi connectivity index (χ0) is 16.4. The highest BCUT2D eigenvalue weighted by molar-refractivity contribution is 5.95. The lowest BCUT2D eigenvalue weighted by atomic mass is 10.1. The van der Waals surface area contributed by atoms with Crippen LogP contribution in [-0.2, 0) is 6.54 Å². The van der Waals surface area contributed by atoms with Crippen molar-refractivity contribution in [3.05, 3.63) is 72.4 Å². The van der Waals surface area contributed by atoms with Crippen molar-refractivity contribution in [2.45, 2.75) is 19.4 Å². The maximum absolute atomic E-state index is 12.7. The highest BCUT2D eigenvalue weighted by Gasteiger charge is 2.16. The molecule has 0 spiro atoms. The molecule has 3 nitrogen and oxygen atoms in total. The summed E-state index contributed by atoms with van der Waals surface area (Å²) >= 11 is 0. The molecule has 0 unspecified atom stereocenters. The topological polar surface area (TPSA) is 24.2 Å². The first-order chi connectivity index (χ1) is 11.8. The second kappa shape index (κ2) is 6.44. The van der Waals surface area contributed by atoms with Crippen molar-refractivity contribution >= 4 is 22.4 Å². The summed E-state index contributed by atoms with van der Waals surface area (Å²) in [6.07, 6.45) is 4.50. The maximum Gasteiger partial charge on any atom is 0.227 e. The number of Topliss-reactive ketones (excluding diaryl/α,β-unsaturated/α-hetero) is 1. The summed E-state index contributed by atoms with van der Waals surface area (Å²) in [6, 6.07) is 20.3. The van der Waals surface area contributed by atoms with Gasteiger partial charge in [0.1, 0.15) is 0 Å². The fourth-order valence-electron chi connectivity index (χ4n) is 3.44. The lowest BCUT2D eigenvalue weighted by molar-refractivity contribution is -0.657. The Morgan fingerprint density at radius 2 is 1.62 bits per heavy atom. The summed E-state index contributed by atoms with van der Waals surface area (Å²) < 4.78 is 2.02. The van der Waals surface area contributed by atoms with Gasteiger partial charge in [0.05, 0.1) is 0 Å². The van der Waals surface area contributed by atoms with Crippen LogP contribution in [0.1, 0.15) is 23.2 Å². The fraction of sp³-hybridized carbons (Fsp3) is 0.238. The number of benzene rings is 2. The smallest absolute Gasteiger partial charge is 0.227 e. The average molecular weight is 317 g/mol. The normalized spacial score (nSPS) is 14.2. The molecule has 0 saturated carbocycles. The van der Waals surface area contributed by atoms with Crippen molar-refractivity contribution in [3.63, 3.8) is 0 Å². The average Bonchev–Trinajstić information content (AvgIpc) is 3.17. The Morgan fingerprint density at radius 3 is 2.42 bits per heavy atom. The van der Waals surface area contributed by atoms with Gasteiger partial charge in [-0.25, -0.2) is 0 Å². The standard InChI is InChI=1S/C21H21N2O/c24-21(16-23-15-5-7-17-6-1-2-8-20(17)23)18-9-11-19(12-10-18)22-13-3-4-14-22/h1-2,5-12,15H,3-4,13-14,16H2/q+1. The van der Waals surface area contributed by atoms with Crippen LogP contribution in [0.15, 0.2) is 66.9 Å². The van der Waals surface area contributed by atoms with Crippen LogP contribution in [0.3, 0.4) is 0 Å². The van der Waals surface area contributed by atoms with E-state index in [0.717, 1.165) is 29.6 Å². The Labute approximate surface area is 142 Å². The monoisotopic (exact) mass is 317 g/mol. The molecule has 1 aromatic heterocycles. The van der Waals surface area contributed by atoms with E-state index >= 15 is 0 Å². The van der Waals surface area contributed by atoms with Crippen LogP contribution < -0.4 is 9.47 Å².